The van der Waals surface area contributed by atoms with Gasteiger partial charge in [-0.3, -0.25) is 0 Å². The van der Waals surface area contributed by atoms with Crippen LogP contribution < -0.4 is 4.90 Å². The van der Waals surface area contributed by atoms with Gasteiger partial charge < -0.3 is 13.9 Å². The minimum absolute atomic E-state index is 0.903. The zero-order valence-electron chi connectivity index (χ0n) is 38.7. The highest BCUT2D eigenvalue weighted by Crippen LogP contribution is 2.44. The molecular formula is C68H44N2O. The minimum atomic E-state index is 0.903. The lowest BCUT2D eigenvalue weighted by atomic mass is 9.95. The minimum Gasteiger partial charge on any atom is -0.456 e. The van der Waals surface area contributed by atoms with Crippen molar-refractivity contribution in [1.82, 2.24) is 4.57 Å². The molecule has 71 heavy (non-hydrogen) atoms. The molecule has 0 amide bonds. The number of hydrogen-bond donors (Lipinski definition) is 0. The van der Waals surface area contributed by atoms with Crippen LogP contribution in [0.4, 0.5) is 17.1 Å². The fourth-order valence-corrected chi connectivity index (χ4v) is 11.0. The molecule has 0 radical (unpaired) electrons. The van der Waals surface area contributed by atoms with Gasteiger partial charge in [0.05, 0.1) is 16.7 Å². The molecule has 2 aromatic heterocycles. The first-order chi connectivity index (χ1) is 35.2. The largest absolute Gasteiger partial charge is 0.456 e. The first kappa shape index (κ1) is 40.6. The Bertz CT molecular complexity index is 4260. The molecule has 2 heterocycles. The van der Waals surface area contributed by atoms with E-state index in [0.717, 1.165) is 61.4 Å². The lowest BCUT2D eigenvalue weighted by Gasteiger charge is -2.28. The standard InChI is InChI=1S/C68H44N2O/c1-2-16-56-52(13-1)44-65(59-18-4-3-17-58(56)59)69(54-39-35-49(36-40-54)50-14-11-15-51(43-50)57-22-12-26-67-68(57)62-21-7-10-25-66(62)71-67)53-37-31-47(32-38-53)45-27-29-46(30-28-45)48-33-41-55(42-34-48)70-63-23-8-5-19-60(63)61-20-6-9-24-64(61)70/h1-44H. The smallest absolute Gasteiger partial charge is 0.136 e. The summed E-state index contributed by atoms with van der Waals surface area (Å²) in [5, 5.41) is 9.71. The van der Waals surface area contributed by atoms with Crippen molar-refractivity contribution in [2.75, 3.05) is 4.90 Å². The van der Waals surface area contributed by atoms with Gasteiger partial charge in [-0.1, -0.05) is 194 Å². The summed E-state index contributed by atoms with van der Waals surface area (Å²) in [6, 6.07) is 96.7. The Kier molecular flexibility index (Phi) is 9.53. The lowest BCUT2D eigenvalue weighted by molar-refractivity contribution is 0.669. The molecule has 0 unspecified atom stereocenters. The number of aromatic nitrogens is 1. The van der Waals surface area contributed by atoms with Gasteiger partial charge in [0, 0.05) is 44.0 Å². The molecule has 0 aliphatic rings. The maximum absolute atomic E-state index is 6.26. The first-order valence-corrected chi connectivity index (χ1v) is 24.3. The maximum atomic E-state index is 6.26. The van der Waals surface area contributed by atoms with Crippen LogP contribution in [0.25, 0.3) is 115 Å². The first-order valence-electron chi connectivity index (χ1n) is 24.3. The number of rotatable bonds is 8. The van der Waals surface area contributed by atoms with E-state index in [1.165, 1.54) is 71.2 Å². The highest BCUT2D eigenvalue weighted by atomic mass is 16.3. The van der Waals surface area contributed by atoms with E-state index in [1.54, 1.807) is 0 Å². The van der Waals surface area contributed by atoms with E-state index in [0.29, 0.717) is 0 Å². The highest BCUT2D eigenvalue weighted by molar-refractivity contribution is 6.15. The molecule has 0 bridgehead atoms. The van der Waals surface area contributed by atoms with E-state index >= 15 is 0 Å². The van der Waals surface area contributed by atoms with Crippen LogP contribution in [0.1, 0.15) is 0 Å². The van der Waals surface area contributed by atoms with Crippen LogP contribution in [0.15, 0.2) is 271 Å². The third kappa shape index (κ3) is 6.89. The van der Waals surface area contributed by atoms with Crippen molar-refractivity contribution in [1.29, 1.82) is 0 Å². The normalized spacial score (nSPS) is 11.7. The molecule has 0 N–H and O–H groups in total. The Morgan fingerprint density at radius 1 is 0.296 bits per heavy atom. The van der Waals surface area contributed by atoms with Gasteiger partial charge in [0.2, 0.25) is 0 Å². The molecule has 14 aromatic rings. The third-order valence-electron chi connectivity index (χ3n) is 14.4. The molecule has 0 saturated heterocycles. The van der Waals surface area contributed by atoms with Gasteiger partial charge in [-0.05, 0) is 133 Å². The second-order valence-electron chi connectivity index (χ2n) is 18.4. The number of nitrogens with zero attached hydrogens (tertiary/aromatic N) is 2. The number of furan rings is 1. The van der Waals surface area contributed by atoms with Crippen molar-refractivity contribution in [3.8, 4) is 50.2 Å². The molecule has 0 saturated carbocycles. The van der Waals surface area contributed by atoms with E-state index in [2.05, 4.69) is 264 Å². The fraction of sp³-hybridized carbons (Fsp3) is 0. The SMILES string of the molecule is c1cc(-c2ccc(N(c3ccc(-c4ccc(-c5ccc(-n6c7ccccc7c7ccccc76)cc5)cc4)cc3)c3cc4ccccc4c4ccccc34)cc2)cc(-c2cccc3oc4ccccc4c23)c1. The molecule has 14 rings (SSSR count). The van der Waals surface area contributed by atoms with Gasteiger partial charge in [-0.15, -0.1) is 0 Å². The van der Waals surface area contributed by atoms with E-state index in [1.807, 2.05) is 12.1 Å². The number of hydrogen-bond acceptors (Lipinski definition) is 2. The van der Waals surface area contributed by atoms with Crippen molar-refractivity contribution in [2.45, 2.75) is 0 Å². The number of benzene rings is 12. The molecule has 3 nitrogen and oxygen atoms in total. The average molecular weight is 905 g/mol. The highest BCUT2D eigenvalue weighted by Gasteiger charge is 2.19. The quantitative estimate of drug-likeness (QED) is 0.142. The van der Waals surface area contributed by atoms with Crippen LogP contribution in [0.3, 0.4) is 0 Å². The summed E-state index contributed by atoms with van der Waals surface area (Å²) >= 11 is 0. The predicted molar refractivity (Wildman–Crippen MR) is 299 cm³/mol. The van der Waals surface area contributed by atoms with Gasteiger partial charge in [0.15, 0.2) is 0 Å². The van der Waals surface area contributed by atoms with Crippen LogP contribution in [0.5, 0.6) is 0 Å². The monoisotopic (exact) mass is 904 g/mol. The van der Waals surface area contributed by atoms with Gasteiger partial charge in [-0.25, -0.2) is 0 Å². The van der Waals surface area contributed by atoms with Crippen LogP contribution in [0.2, 0.25) is 0 Å². The molecule has 12 aromatic carbocycles. The van der Waals surface area contributed by atoms with E-state index in [9.17, 15) is 0 Å². The average Bonchev–Trinajstić information content (AvgIpc) is 4.00. The number of para-hydroxylation sites is 3. The zero-order chi connectivity index (χ0) is 46.8. The Balaban J connectivity index is 0.797. The lowest BCUT2D eigenvalue weighted by Crippen LogP contribution is -2.10. The molecule has 332 valence electrons. The van der Waals surface area contributed by atoms with Gasteiger partial charge >= 0.3 is 0 Å². The Labute approximate surface area is 411 Å². The second kappa shape index (κ2) is 16.7. The molecule has 0 atom stereocenters. The third-order valence-corrected chi connectivity index (χ3v) is 14.4. The Hall–Kier alpha value is -9.44. The molecule has 3 heteroatoms. The Morgan fingerprint density at radius 2 is 0.761 bits per heavy atom. The zero-order valence-corrected chi connectivity index (χ0v) is 38.7. The van der Waals surface area contributed by atoms with E-state index in [4.69, 9.17) is 4.42 Å². The summed E-state index contributed by atoms with van der Waals surface area (Å²) in [4.78, 5) is 2.41. The van der Waals surface area contributed by atoms with Crippen LogP contribution in [0, 0.1) is 0 Å². The predicted octanol–water partition coefficient (Wildman–Crippen LogP) is 19.1. The summed E-state index contributed by atoms with van der Waals surface area (Å²) in [6.07, 6.45) is 0. The maximum Gasteiger partial charge on any atom is 0.136 e. The number of fused-ring (bicyclic) bond motifs is 9. The van der Waals surface area contributed by atoms with Gasteiger partial charge in [0.25, 0.3) is 0 Å². The molecular weight excluding hydrogens is 861 g/mol. The van der Waals surface area contributed by atoms with E-state index in [-0.39, 0.29) is 0 Å². The van der Waals surface area contributed by atoms with Crippen molar-refractivity contribution >= 4 is 82.4 Å². The van der Waals surface area contributed by atoms with E-state index < -0.39 is 0 Å². The molecule has 0 spiro atoms. The van der Waals surface area contributed by atoms with Crippen molar-refractivity contribution in [3.63, 3.8) is 0 Å². The van der Waals surface area contributed by atoms with Gasteiger partial charge in [-0.2, -0.15) is 0 Å². The number of anilines is 3. The second-order valence-corrected chi connectivity index (χ2v) is 18.4. The summed E-state index contributed by atoms with van der Waals surface area (Å²) < 4.78 is 8.63. The molecule has 0 fully saturated rings. The molecule has 0 aliphatic heterocycles. The molecule has 0 aliphatic carbocycles. The summed E-state index contributed by atoms with van der Waals surface area (Å²) in [6.45, 7) is 0. The van der Waals surface area contributed by atoms with Crippen LogP contribution >= 0.6 is 0 Å². The summed E-state index contributed by atoms with van der Waals surface area (Å²) in [5.41, 5.74) is 18.1. The Morgan fingerprint density at radius 3 is 1.41 bits per heavy atom. The fourth-order valence-electron chi connectivity index (χ4n) is 11.0. The van der Waals surface area contributed by atoms with Crippen molar-refractivity contribution in [2.24, 2.45) is 0 Å². The topological polar surface area (TPSA) is 21.3 Å². The summed E-state index contributed by atoms with van der Waals surface area (Å²) in [5.74, 6) is 0. The summed E-state index contributed by atoms with van der Waals surface area (Å²) in [7, 11) is 0. The van der Waals surface area contributed by atoms with Crippen molar-refractivity contribution < 1.29 is 4.42 Å². The van der Waals surface area contributed by atoms with Crippen LogP contribution in [-0.4, -0.2) is 4.57 Å². The van der Waals surface area contributed by atoms with Crippen molar-refractivity contribution in [3.05, 3.63) is 267 Å². The van der Waals surface area contributed by atoms with Crippen LogP contribution in [-0.2, 0) is 0 Å². The van der Waals surface area contributed by atoms with Gasteiger partial charge in [0.1, 0.15) is 11.2 Å².